The van der Waals surface area contributed by atoms with Crippen LogP contribution in [0.3, 0.4) is 0 Å². The molecule has 0 radical (unpaired) electrons. The summed E-state index contributed by atoms with van der Waals surface area (Å²) in [7, 11) is 0. The maximum absolute atomic E-state index is 11.6. The SMILES string of the molecule is CC(C=CC1(O)C(C)=CC(=O)CC1(C)CO)=CC(=O)O. The van der Waals surface area contributed by atoms with Crippen LogP contribution >= 0.6 is 0 Å². The van der Waals surface area contributed by atoms with Gasteiger partial charge < -0.3 is 15.3 Å². The lowest BCUT2D eigenvalue weighted by Gasteiger charge is -2.45. The second kappa shape index (κ2) is 5.73. The van der Waals surface area contributed by atoms with Crippen molar-refractivity contribution in [2.45, 2.75) is 32.8 Å². The largest absolute Gasteiger partial charge is 0.478 e. The summed E-state index contributed by atoms with van der Waals surface area (Å²) in [6.45, 7) is 4.48. The molecule has 5 nitrogen and oxygen atoms in total. The number of allylic oxidation sites excluding steroid dienone is 3. The zero-order valence-electron chi connectivity index (χ0n) is 11.9. The van der Waals surface area contributed by atoms with Gasteiger partial charge in [0.05, 0.1) is 6.61 Å². The molecule has 0 spiro atoms. The fourth-order valence-corrected chi connectivity index (χ4v) is 2.40. The van der Waals surface area contributed by atoms with E-state index >= 15 is 0 Å². The Hall–Kier alpha value is -1.72. The highest BCUT2D eigenvalue weighted by molar-refractivity contribution is 5.93. The van der Waals surface area contributed by atoms with Crippen LogP contribution in [-0.2, 0) is 9.59 Å². The molecule has 0 heterocycles. The molecule has 3 N–H and O–H groups in total. The first-order chi connectivity index (χ1) is 9.14. The number of aliphatic carboxylic acids is 1. The minimum absolute atomic E-state index is 0.0311. The van der Waals surface area contributed by atoms with Crippen LogP contribution in [0.15, 0.2) is 35.5 Å². The number of aliphatic hydroxyl groups excluding tert-OH is 1. The molecule has 5 heteroatoms. The van der Waals surface area contributed by atoms with Crippen molar-refractivity contribution in [3.05, 3.63) is 35.5 Å². The zero-order valence-corrected chi connectivity index (χ0v) is 11.9. The number of carbonyl (C=O) groups excluding carboxylic acids is 1. The van der Waals surface area contributed by atoms with Gasteiger partial charge in [0.25, 0.3) is 0 Å². The van der Waals surface area contributed by atoms with E-state index in [0.717, 1.165) is 6.08 Å². The highest BCUT2D eigenvalue weighted by Gasteiger charge is 2.49. The molecule has 0 aromatic rings. The van der Waals surface area contributed by atoms with Crippen molar-refractivity contribution in [3.8, 4) is 0 Å². The van der Waals surface area contributed by atoms with E-state index in [2.05, 4.69) is 0 Å². The highest BCUT2D eigenvalue weighted by Crippen LogP contribution is 2.44. The Morgan fingerprint density at radius 1 is 1.50 bits per heavy atom. The molecule has 1 rings (SSSR count). The Labute approximate surface area is 117 Å². The number of hydrogen-bond donors (Lipinski definition) is 3. The first-order valence-electron chi connectivity index (χ1n) is 6.30. The topological polar surface area (TPSA) is 94.8 Å². The predicted molar refractivity (Wildman–Crippen MR) is 74.1 cm³/mol. The smallest absolute Gasteiger partial charge is 0.328 e. The van der Waals surface area contributed by atoms with Gasteiger partial charge in [-0.1, -0.05) is 13.0 Å². The molecule has 20 heavy (non-hydrogen) atoms. The van der Waals surface area contributed by atoms with Crippen LogP contribution in [0.1, 0.15) is 27.2 Å². The molecule has 0 aliphatic heterocycles. The molecule has 110 valence electrons. The van der Waals surface area contributed by atoms with Crippen molar-refractivity contribution in [1.29, 1.82) is 0 Å². The second-order valence-corrected chi connectivity index (χ2v) is 5.52. The molecule has 0 saturated heterocycles. The first-order valence-corrected chi connectivity index (χ1v) is 6.30. The molecular formula is C15H20O5. The van der Waals surface area contributed by atoms with Crippen LogP contribution in [0.5, 0.6) is 0 Å². The van der Waals surface area contributed by atoms with E-state index in [9.17, 15) is 19.8 Å². The van der Waals surface area contributed by atoms with E-state index in [-0.39, 0.29) is 18.8 Å². The lowest BCUT2D eigenvalue weighted by molar-refractivity contribution is -0.131. The summed E-state index contributed by atoms with van der Waals surface area (Å²) in [4.78, 5) is 22.2. The van der Waals surface area contributed by atoms with Crippen molar-refractivity contribution in [1.82, 2.24) is 0 Å². The van der Waals surface area contributed by atoms with Gasteiger partial charge in [-0.2, -0.15) is 0 Å². The van der Waals surface area contributed by atoms with Gasteiger partial charge in [0.15, 0.2) is 5.78 Å². The van der Waals surface area contributed by atoms with Gasteiger partial charge in [0.1, 0.15) is 5.60 Å². The summed E-state index contributed by atoms with van der Waals surface area (Å²) in [5.41, 5.74) is -1.62. The van der Waals surface area contributed by atoms with E-state index in [1.54, 1.807) is 20.8 Å². The van der Waals surface area contributed by atoms with E-state index in [4.69, 9.17) is 5.11 Å². The Balaban J connectivity index is 3.22. The highest BCUT2D eigenvalue weighted by atomic mass is 16.4. The Bertz CT molecular complexity index is 514. The maximum Gasteiger partial charge on any atom is 0.328 e. The molecule has 0 amide bonds. The van der Waals surface area contributed by atoms with Crippen LogP contribution in [0, 0.1) is 5.41 Å². The summed E-state index contributed by atoms with van der Waals surface area (Å²) in [5.74, 6) is -1.22. The van der Waals surface area contributed by atoms with Crippen molar-refractivity contribution >= 4 is 11.8 Å². The number of rotatable bonds is 4. The molecule has 0 aromatic carbocycles. The van der Waals surface area contributed by atoms with Gasteiger partial charge in [-0.05, 0) is 37.1 Å². The predicted octanol–water partition coefficient (Wildman–Crippen LogP) is 1.22. The van der Waals surface area contributed by atoms with Gasteiger partial charge in [-0.3, -0.25) is 4.79 Å². The summed E-state index contributed by atoms with van der Waals surface area (Å²) in [5, 5.41) is 29.0. The number of ketones is 1. The summed E-state index contributed by atoms with van der Waals surface area (Å²) >= 11 is 0. The first kappa shape index (κ1) is 16.3. The van der Waals surface area contributed by atoms with E-state index in [1.807, 2.05) is 0 Å². The van der Waals surface area contributed by atoms with Crippen LogP contribution in [-0.4, -0.2) is 39.3 Å². The second-order valence-electron chi connectivity index (χ2n) is 5.52. The average Bonchev–Trinajstić information content (AvgIpc) is 2.33. The number of carboxylic acid groups (broad SMARTS) is 1. The molecule has 0 saturated carbocycles. The van der Waals surface area contributed by atoms with Crippen molar-refractivity contribution < 1.29 is 24.9 Å². The van der Waals surface area contributed by atoms with Gasteiger partial charge in [0.2, 0.25) is 0 Å². The van der Waals surface area contributed by atoms with Crippen molar-refractivity contribution in [2.24, 2.45) is 5.41 Å². The zero-order chi connectivity index (χ0) is 15.6. The third-order valence-corrected chi connectivity index (χ3v) is 3.75. The van der Waals surface area contributed by atoms with Crippen LogP contribution in [0.2, 0.25) is 0 Å². The molecule has 0 bridgehead atoms. The minimum atomic E-state index is -1.48. The van der Waals surface area contributed by atoms with Crippen LogP contribution in [0.4, 0.5) is 0 Å². The lowest BCUT2D eigenvalue weighted by Crippen LogP contribution is -2.52. The quantitative estimate of drug-likeness (QED) is 0.531. The lowest BCUT2D eigenvalue weighted by atomic mass is 9.64. The standard InChI is InChI=1S/C15H20O5/c1-10(6-13(18)19)4-5-15(20)11(2)7-12(17)8-14(15,3)9-16/h4-7,16,20H,8-9H2,1-3H3,(H,18,19). The third-order valence-electron chi connectivity index (χ3n) is 3.75. The summed E-state index contributed by atoms with van der Waals surface area (Å²) < 4.78 is 0. The van der Waals surface area contributed by atoms with E-state index < -0.39 is 17.0 Å². The number of hydrogen-bond acceptors (Lipinski definition) is 4. The third kappa shape index (κ3) is 3.05. The average molecular weight is 280 g/mol. The van der Waals surface area contributed by atoms with Crippen LogP contribution < -0.4 is 0 Å². The molecule has 2 atom stereocenters. The minimum Gasteiger partial charge on any atom is -0.478 e. The van der Waals surface area contributed by atoms with Crippen molar-refractivity contribution in [3.63, 3.8) is 0 Å². The van der Waals surface area contributed by atoms with Gasteiger partial charge in [-0.25, -0.2) is 4.79 Å². The van der Waals surface area contributed by atoms with Gasteiger partial charge in [-0.15, -0.1) is 0 Å². The Morgan fingerprint density at radius 3 is 2.60 bits per heavy atom. The van der Waals surface area contributed by atoms with Gasteiger partial charge >= 0.3 is 5.97 Å². The van der Waals surface area contributed by atoms with E-state index in [0.29, 0.717) is 11.1 Å². The molecular weight excluding hydrogens is 260 g/mol. The van der Waals surface area contributed by atoms with Gasteiger partial charge in [0, 0.05) is 17.9 Å². The van der Waals surface area contributed by atoms with Crippen LogP contribution in [0.25, 0.3) is 0 Å². The molecule has 1 aliphatic carbocycles. The Morgan fingerprint density at radius 2 is 2.10 bits per heavy atom. The van der Waals surface area contributed by atoms with E-state index in [1.165, 1.54) is 18.2 Å². The number of aliphatic hydroxyl groups is 2. The number of carbonyl (C=O) groups is 2. The fraction of sp³-hybridized carbons (Fsp3) is 0.467. The fourth-order valence-electron chi connectivity index (χ4n) is 2.40. The maximum atomic E-state index is 11.6. The normalized spacial score (nSPS) is 31.6. The number of carboxylic acids is 1. The Kier molecular flexibility index (Phi) is 4.68. The van der Waals surface area contributed by atoms with Crippen molar-refractivity contribution in [2.75, 3.05) is 6.61 Å². The summed E-state index contributed by atoms with van der Waals surface area (Å²) in [6, 6.07) is 0. The molecule has 0 aromatic heterocycles. The molecule has 0 fully saturated rings. The molecule has 2 unspecified atom stereocenters. The molecule has 1 aliphatic rings. The summed E-state index contributed by atoms with van der Waals surface area (Å²) in [6.07, 6.45) is 5.33. The monoisotopic (exact) mass is 280 g/mol.